The van der Waals surface area contributed by atoms with Crippen LogP contribution in [0.2, 0.25) is 0 Å². The molecular formula is C72H176F4N8O12P4. The second-order valence-corrected chi connectivity index (χ2v) is 37.8. The van der Waals surface area contributed by atoms with Crippen molar-refractivity contribution < 1.29 is 110 Å². The van der Waals surface area contributed by atoms with Crippen molar-refractivity contribution >= 4 is 31.6 Å². The summed E-state index contributed by atoms with van der Waals surface area (Å²) in [6.45, 7) is 28.6. The summed E-state index contributed by atoms with van der Waals surface area (Å²) in [7, 11) is 31.6. The Hall–Kier alpha value is -0.000000000000000167. The molecule has 0 aliphatic carbocycles. The van der Waals surface area contributed by atoms with E-state index in [1.54, 1.807) is 0 Å². The highest BCUT2D eigenvalue weighted by molar-refractivity contribution is 7.43. The second kappa shape index (κ2) is 75.8. The van der Waals surface area contributed by atoms with Crippen molar-refractivity contribution in [1.29, 1.82) is 0 Å². The van der Waals surface area contributed by atoms with Crippen molar-refractivity contribution in [2.24, 2.45) is 0 Å². The first-order valence-electron chi connectivity index (χ1n) is 37.8. The van der Waals surface area contributed by atoms with Gasteiger partial charge in [-0.15, -0.1) is 0 Å². The van der Waals surface area contributed by atoms with Gasteiger partial charge >= 0.3 is 0 Å². The number of quaternary nitrogens is 8. The first kappa shape index (κ1) is 127. The molecule has 28 heteroatoms. The molecule has 624 valence electrons. The van der Waals surface area contributed by atoms with E-state index in [0.717, 1.165) is 35.9 Å². The molecule has 0 unspecified atom stereocenters. The van der Waals surface area contributed by atoms with Gasteiger partial charge in [-0.2, -0.15) is 0 Å². The fraction of sp³-hybridized carbons (Fsp3) is 1.00. The zero-order valence-corrected chi connectivity index (χ0v) is 75.6. The molecule has 0 saturated carbocycles. The lowest BCUT2D eigenvalue weighted by Crippen LogP contribution is -2.35. The van der Waals surface area contributed by atoms with E-state index in [-0.39, 0.29) is 0 Å². The summed E-state index contributed by atoms with van der Waals surface area (Å²) in [4.78, 5) is 67.5. The number of halogens is 4. The minimum atomic E-state index is -5.64. The Balaban J connectivity index is -0.0000000852. The molecule has 0 atom stereocenters. The van der Waals surface area contributed by atoms with Crippen molar-refractivity contribution in [3.8, 4) is 0 Å². The topological polar surface area (TPSA) is 253 Å². The second-order valence-electron chi connectivity index (χ2n) is 34.3. The van der Waals surface area contributed by atoms with Crippen LogP contribution in [0.15, 0.2) is 0 Å². The molecule has 0 aromatic carbocycles. The van der Waals surface area contributed by atoms with E-state index in [2.05, 4.69) is 225 Å². The minimum absolute atomic E-state index is 1.11. The van der Waals surface area contributed by atoms with Crippen molar-refractivity contribution in [1.82, 2.24) is 0 Å². The Bertz CT molecular complexity index is 1430. The normalized spacial score (nSPS) is 12.0. The third-order valence-corrected chi connectivity index (χ3v) is 13.5. The van der Waals surface area contributed by atoms with Gasteiger partial charge in [0.1, 0.15) is 31.6 Å². The fourth-order valence-electron chi connectivity index (χ4n) is 8.10. The van der Waals surface area contributed by atoms with Gasteiger partial charge in [-0.05, 0) is 103 Å². The summed E-state index contributed by atoms with van der Waals surface area (Å²) < 4.78 is 83.2. The molecule has 0 aliphatic heterocycles. The van der Waals surface area contributed by atoms with Crippen molar-refractivity contribution in [3.63, 3.8) is 0 Å². The van der Waals surface area contributed by atoms with Crippen LogP contribution < -0.4 is 39.1 Å². The number of rotatable bonds is 40. The summed E-state index contributed by atoms with van der Waals surface area (Å²) >= 11 is 0. The summed E-state index contributed by atoms with van der Waals surface area (Å²) in [5.74, 6) is 0. The summed E-state index contributed by atoms with van der Waals surface area (Å²) in [5, 5.41) is 0. The maximum Gasteiger partial charge on any atom is 0.110 e. The first-order valence-corrected chi connectivity index (χ1v) is 43.5. The Kier molecular flexibility index (Phi) is 95.9. The number of hydrogen-bond acceptors (Lipinski definition) is 12. The largest absolute Gasteiger partial charge is 0.786 e. The molecule has 0 fully saturated rings. The van der Waals surface area contributed by atoms with Gasteiger partial charge in [0.05, 0.1) is 222 Å². The molecule has 0 aliphatic rings. The molecule has 0 aromatic rings. The predicted molar refractivity (Wildman–Crippen MR) is 411 cm³/mol. The standard InChI is InChI=1S/8C9H22N.4FH2O3P/c8*1-5-6-7-8-9-10(2,3)4;4*1-5(2,3)4/h8*5-9H2,1-4H3;4*(H2,2,3,4)/q8*+1;;;;/p-8. The molecular weight excluding hydrogens is 1370 g/mol. The van der Waals surface area contributed by atoms with Crippen LogP contribution in [0.4, 0.5) is 16.8 Å². The Morgan fingerprint density at radius 2 is 0.230 bits per heavy atom. The quantitative estimate of drug-likeness (QED) is 0.0240. The molecule has 0 radical (unpaired) electrons. The Morgan fingerprint density at radius 3 is 0.270 bits per heavy atom. The Labute approximate surface area is 621 Å². The predicted octanol–water partition coefficient (Wildman–Crippen LogP) is 13.3. The van der Waals surface area contributed by atoms with Gasteiger partial charge in [-0.25, -0.2) is 16.8 Å². The average molecular weight is 1550 g/mol. The van der Waals surface area contributed by atoms with Gasteiger partial charge < -0.3 is 93.3 Å². The van der Waals surface area contributed by atoms with Crippen LogP contribution in [0.1, 0.15) is 261 Å². The van der Waals surface area contributed by atoms with Crippen LogP contribution in [0, 0.1) is 0 Å². The van der Waals surface area contributed by atoms with Crippen molar-refractivity contribution in [2.75, 3.05) is 222 Å². The molecule has 0 amide bonds. The molecule has 0 saturated heterocycles. The summed E-state index contributed by atoms with van der Waals surface area (Å²) in [6.07, 6.45) is 44.3. The van der Waals surface area contributed by atoms with Gasteiger partial charge in [0, 0.05) is 0 Å². The fourth-order valence-corrected chi connectivity index (χ4v) is 8.10. The lowest BCUT2D eigenvalue weighted by atomic mass is 10.2. The first-order chi connectivity index (χ1) is 44.5. The SMILES string of the molecule is CCCCCC[N+](C)(C)C.CCCCCC[N+](C)(C)C.CCCCCC[N+](C)(C)C.CCCCCC[N+](C)(C)C.CCCCCC[N+](C)(C)C.CCCCCC[N+](C)(C)C.CCCCCC[N+](C)(C)C.CCCCCC[N+](C)(C)C.O=P([O-])([O-])F.O=P([O-])([O-])F.O=P([O-])([O-])F.O=P([O-])([O-])F. The van der Waals surface area contributed by atoms with Crippen LogP contribution in [0.5, 0.6) is 0 Å². The van der Waals surface area contributed by atoms with Crippen LogP contribution in [-0.4, -0.2) is 257 Å². The van der Waals surface area contributed by atoms with Crippen LogP contribution in [0.3, 0.4) is 0 Å². The highest BCUT2D eigenvalue weighted by Crippen LogP contribution is 2.24. The van der Waals surface area contributed by atoms with Crippen LogP contribution >= 0.6 is 31.6 Å². The third kappa shape index (κ3) is 294. The monoisotopic (exact) mass is 1550 g/mol. The van der Waals surface area contributed by atoms with E-state index >= 15 is 0 Å². The van der Waals surface area contributed by atoms with E-state index in [0.29, 0.717) is 0 Å². The molecule has 0 heterocycles. The van der Waals surface area contributed by atoms with E-state index in [9.17, 15) is 16.8 Å². The van der Waals surface area contributed by atoms with E-state index in [4.69, 9.17) is 57.4 Å². The van der Waals surface area contributed by atoms with Crippen LogP contribution in [0.25, 0.3) is 0 Å². The maximum atomic E-state index is 10.1. The Morgan fingerprint density at radius 1 is 0.170 bits per heavy atom. The van der Waals surface area contributed by atoms with E-state index in [1.807, 2.05) is 0 Å². The van der Waals surface area contributed by atoms with E-state index < -0.39 is 31.6 Å². The van der Waals surface area contributed by atoms with Crippen LogP contribution in [-0.2, 0) is 18.3 Å². The van der Waals surface area contributed by atoms with Gasteiger partial charge in [-0.1, -0.05) is 158 Å². The number of unbranched alkanes of at least 4 members (excludes halogenated alkanes) is 24. The smallest absolute Gasteiger partial charge is 0.110 e. The molecule has 0 aromatic heterocycles. The molecule has 0 N–H and O–H groups in total. The van der Waals surface area contributed by atoms with Crippen molar-refractivity contribution in [2.45, 2.75) is 261 Å². The lowest BCUT2D eigenvalue weighted by Gasteiger charge is -2.23. The highest BCUT2D eigenvalue weighted by Gasteiger charge is 2.10. The summed E-state index contributed by atoms with van der Waals surface area (Å²) in [5.41, 5.74) is 0. The zero-order chi connectivity index (χ0) is 82.3. The van der Waals surface area contributed by atoms with E-state index in [1.165, 1.54) is 258 Å². The number of nitrogens with zero attached hydrogens (tertiary/aromatic N) is 8. The molecule has 0 spiro atoms. The maximum absolute atomic E-state index is 10.1. The zero-order valence-electron chi connectivity index (χ0n) is 72.1. The molecule has 0 rings (SSSR count). The lowest BCUT2D eigenvalue weighted by molar-refractivity contribution is -0.870. The minimum Gasteiger partial charge on any atom is -0.786 e. The molecule has 0 bridgehead atoms. The van der Waals surface area contributed by atoms with Gasteiger partial charge in [0.2, 0.25) is 0 Å². The highest BCUT2D eigenvalue weighted by atomic mass is 31.2. The van der Waals surface area contributed by atoms with Gasteiger partial charge in [0.15, 0.2) is 0 Å². The van der Waals surface area contributed by atoms with Crippen molar-refractivity contribution in [3.05, 3.63) is 0 Å². The summed E-state index contributed by atoms with van der Waals surface area (Å²) in [6, 6.07) is 0. The van der Waals surface area contributed by atoms with Gasteiger partial charge in [-0.3, -0.25) is 0 Å². The molecule has 100 heavy (non-hydrogen) atoms. The molecule has 20 nitrogen and oxygen atoms in total. The van der Waals surface area contributed by atoms with Gasteiger partial charge in [0.25, 0.3) is 0 Å². The third-order valence-electron chi connectivity index (χ3n) is 13.5. The average Bonchev–Trinajstić information content (AvgIpc) is 1.31. The number of hydrogen-bond donors (Lipinski definition) is 0.